The number of aromatic hydroxyl groups is 1. The third-order valence-corrected chi connectivity index (χ3v) is 4.75. The van der Waals surface area contributed by atoms with Crippen molar-refractivity contribution in [3.05, 3.63) is 89.5 Å². The zero-order valence-corrected chi connectivity index (χ0v) is 20.0. The van der Waals surface area contributed by atoms with Gasteiger partial charge >= 0.3 is 0 Å². The number of phenols is 1. The molecule has 4 rings (SSSR count). The zero-order chi connectivity index (χ0) is 25.3. The number of benzene rings is 3. The molecule has 1 heterocycles. The van der Waals surface area contributed by atoms with Crippen LogP contribution in [0.4, 0.5) is 23.0 Å². The molecule has 0 unspecified atom stereocenters. The Balaban J connectivity index is 1.62. The number of phenolic OH excluding ortho intramolecular Hbond substituents is 1. The highest BCUT2D eigenvalue weighted by molar-refractivity contribution is 6.28. The lowest BCUT2D eigenvalue weighted by Gasteiger charge is -2.11. The number of nitrogens with one attached hydrogen (secondary N) is 2. The van der Waals surface area contributed by atoms with Crippen LogP contribution in [0.5, 0.6) is 11.5 Å². The van der Waals surface area contributed by atoms with Gasteiger partial charge in [0.25, 0.3) is 0 Å². The summed E-state index contributed by atoms with van der Waals surface area (Å²) in [6, 6.07) is 21.1. The molecule has 182 valence electrons. The molecule has 0 aliphatic heterocycles. The molecule has 0 radical (unpaired) electrons. The van der Waals surface area contributed by atoms with Crippen molar-refractivity contribution in [2.75, 3.05) is 17.9 Å². The van der Waals surface area contributed by atoms with E-state index < -0.39 is 0 Å². The van der Waals surface area contributed by atoms with Crippen LogP contribution in [0.15, 0.2) is 88.1 Å². The maximum Gasteiger partial charge on any atom is 0.231 e. The number of halogens is 1. The Labute approximate surface area is 211 Å². The van der Waals surface area contributed by atoms with Crippen LogP contribution in [-0.4, -0.2) is 33.0 Å². The second-order valence-electron chi connectivity index (χ2n) is 7.16. The third kappa shape index (κ3) is 6.50. The second kappa shape index (κ2) is 11.7. The number of anilines is 3. The van der Waals surface area contributed by atoms with Crippen LogP contribution in [0.1, 0.15) is 11.4 Å². The summed E-state index contributed by atoms with van der Waals surface area (Å²) in [7, 11) is 1.39. The quantitative estimate of drug-likeness (QED) is 0.0901. The van der Waals surface area contributed by atoms with Crippen molar-refractivity contribution in [2.24, 2.45) is 15.3 Å². The lowest BCUT2D eigenvalue weighted by Crippen LogP contribution is -2.04. The van der Waals surface area contributed by atoms with Crippen molar-refractivity contribution in [3.8, 4) is 11.5 Å². The molecule has 0 aliphatic rings. The van der Waals surface area contributed by atoms with Crippen molar-refractivity contribution in [1.82, 2.24) is 15.0 Å². The van der Waals surface area contributed by atoms with E-state index in [0.29, 0.717) is 34.2 Å². The first-order valence-electron chi connectivity index (χ1n) is 10.6. The van der Waals surface area contributed by atoms with Gasteiger partial charge in [-0.25, -0.2) is 4.98 Å². The number of rotatable bonds is 8. The molecule has 0 amide bonds. The monoisotopic (exact) mass is 504 g/mol. The highest BCUT2D eigenvalue weighted by Gasteiger charge is 2.10. The third-order valence-electron chi connectivity index (χ3n) is 4.58. The Kier molecular flexibility index (Phi) is 7.96. The van der Waals surface area contributed by atoms with Gasteiger partial charge < -0.3 is 15.3 Å². The standard InChI is InChI=1S/C24H21ClN8O3/c1-15-26-23(25)29-24(27-15)28-17-12-13-19(21(14-17)36-35-2)31-33-22(16-8-4-3-5-9-16)32-30-18-10-6-7-11-20(18)34/h3-14,31,34H,1-2H3,(H,26,27,28,29)/b32-30?,33-22-. The summed E-state index contributed by atoms with van der Waals surface area (Å²) in [6.07, 6.45) is 0. The van der Waals surface area contributed by atoms with Crippen LogP contribution >= 0.6 is 11.6 Å². The number of hydrazone groups is 1. The predicted molar refractivity (Wildman–Crippen MR) is 136 cm³/mol. The molecule has 0 saturated heterocycles. The van der Waals surface area contributed by atoms with Gasteiger partial charge in [0.05, 0.1) is 7.11 Å². The van der Waals surface area contributed by atoms with E-state index in [1.54, 1.807) is 43.3 Å². The Bertz CT molecular complexity index is 1380. The summed E-state index contributed by atoms with van der Waals surface area (Å²) in [5, 5.41) is 25.9. The highest BCUT2D eigenvalue weighted by Crippen LogP contribution is 2.30. The number of hydrogen-bond acceptors (Lipinski definition) is 10. The number of azo groups is 1. The van der Waals surface area contributed by atoms with E-state index in [0.717, 1.165) is 0 Å². The van der Waals surface area contributed by atoms with E-state index >= 15 is 0 Å². The molecule has 11 nitrogen and oxygen atoms in total. The molecule has 0 fully saturated rings. The molecule has 3 N–H and O–H groups in total. The van der Waals surface area contributed by atoms with Crippen LogP contribution < -0.4 is 15.6 Å². The molecule has 1 aromatic heterocycles. The van der Waals surface area contributed by atoms with E-state index in [1.165, 1.54) is 13.2 Å². The van der Waals surface area contributed by atoms with Crippen molar-refractivity contribution in [1.29, 1.82) is 0 Å². The van der Waals surface area contributed by atoms with Crippen molar-refractivity contribution in [2.45, 2.75) is 6.92 Å². The highest BCUT2D eigenvalue weighted by atomic mass is 35.5. The average molecular weight is 505 g/mol. The fourth-order valence-corrected chi connectivity index (χ4v) is 3.18. The minimum Gasteiger partial charge on any atom is -0.506 e. The predicted octanol–water partition coefficient (Wildman–Crippen LogP) is 5.78. The van der Waals surface area contributed by atoms with Crippen molar-refractivity contribution < 1.29 is 14.9 Å². The number of nitrogens with zero attached hydrogens (tertiary/aromatic N) is 6. The topological polar surface area (TPSA) is 138 Å². The van der Waals surface area contributed by atoms with Crippen molar-refractivity contribution >= 4 is 40.4 Å². The van der Waals surface area contributed by atoms with E-state index in [-0.39, 0.29) is 22.8 Å². The molecule has 0 bridgehead atoms. The largest absolute Gasteiger partial charge is 0.506 e. The summed E-state index contributed by atoms with van der Waals surface area (Å²) >= 11 is 5.92. The van der Waals surface area contributed by atoms with Crippen molar-refractivity contribution in [3.63, 3.8) is 0 Å². The molecule has 0 atom stereocenters. The Morgan fingerprint density at radius 2 is 1.75 bits per heavy atom. The van der Waals surface area contributed by atoms with Gasteiger partial charge in [-0.15, -0.1) is 10.2 Å². The number of amidine groups is 1. The lowest BCUT2D eigenvalue weighted by molar-refractivity contribution is -0.177. The van der Waals surface area contributed by atoms with E-state index in [2.05, 4.69) is 41.0 Å². The second-order valence-corrected chi connectivity index (χ2v) is 7.50. The Hall–Kier alpha value is -4.61. The van der Waals surface area contributed by atoms with Gasteiger partial charge in [0, 0.05) is 17.3 Å². The van der Waals surface area contributed by atoms with Gasteiger partial charge in [-0.3, -0.25) is 5.43 Å². The smallest absolute Gasteiger partial charge is 0.231 e. The van der Waals surface area contributed by atoms with Crippen LogP contribution in [0.2, 0.25) is 5.28 Å². The van der Waals surface area contributed by atoms with Gasteiger partial charge in [-0.05, 0) is 42.8 Å². The molecule has 36 heavy (non-hydrogen) atoms. The Morgan fingerprint density at radius 3 is 2.50 bits per heavy atom. The number of aryl methyl sites for hydroxylation is 1. The molecule has 12 heteroatoms. The van der Waals surface area contributed by atoms with E-state index in [9.17, 15) is 5.11 Å². The van der Waals surface area contributed by atoms with Crippen LogP contribution in [-0.2, 0) is 4.89 Å². The first-order valence-corrected chi connectivity index (χ1v) is 11.0. The van der Waals surface area contributed by atoms with Crippen LogP contribution in [0.25, 0.3) is 0 Å². The number of para-hydroxylation sites is 1. The summed E-state index contributed by atoms with van der Waals surface area (Å²) in [4.78, 5) is 22.4. The molecular weight excluding hydrogens is 484 g/mol. The molecule has 0 spiro atoms. The fraction of sp³-hybridized carbons (Fsp3) is 0.0833. The molecule has 3 aromatic carbocycles. The Morgan fingerprint density at radius 1 is 0.972 bits per heavy atom. The first kappa shape index (κ1) is 24.5. The molecule has 0 saturated carbocycles. The van der Waals surface area contributed by atoms with E-state index in [1.807, 2.05) is 30.3 Å². The minimum atomic E-state index is 0.00940. The SMILES string of the molecule is COOc1cc(Nc2nc(C)nc(Cl)n2)ccc1N/N=C(\N=Nc1ccccc1O)c1ccccc1. The molecule has 4 aromatic rings. The normalized spacial score (nSPS) is 11.5. The van der Waals surface area contributed by atoms with Gasteiger partial charge in [-0.2, -0.15) is 20.0 Å². The van der Waals surface area contributed by atoms with Crippen LogP contribution in [0, 0.1) is 6.92 Å². The van der Waals surface area contributed by atoms with Gasteiger partial charge in [0.2, 0.25) is 17.1 Å². The van der Waals surface area contributed by atoms with Gasteiger partial charge in [0.1, 0.15) is 22.9 Å². The van der Waals surface area contributed by atoms with Gasteiger partial charge in [0.15, 0.2) is 5.75 Å². The molecular formula is C24H21ClN8O3. The summed E-state index contributed by atoms with van der Waals surface area (Å²) in [5.74, 6) is 1.37. The average Bonchev–Trinajstić information content (AvgIpc) is 2.86. The summed E-state index contributed by atoms with van der Waals surface area (Å²) in [6.45, 7) is 1.71. The summed E-state index contributed by atoms with van der Waals surface area (Å²) < 4.78 is 0. The van der Waals surface area contributed by atoms with Crippen LogP contribution in [0.3, 0.4) is 0 Å². The van der Waals surface area contributed by atoms with E-state index in [4.69, 9.17) is 21.4 Å². The fourth-order valence-electron chi connectivity index (χ4n) is 2.98. The molecule has 0 aliphatic carbocycles. The first-order chi connectivity index (χ1) is 17.5. The lowest BCUT2D eigenvalue weighted by atomic mass is 10.2. The maximum absolute atomic E-state index is 9.99. The minimum absolute atomic E-state index is 0.00940. The summed E-state index contributed by atoms with van der Waals surface area (Å²) in [5.41, 5.74) is 5.05. The zero-order valence-electron chi connectivity index (χ0n) is 19.3. The number of aromatic nitrogens is 3. The number of hydrogen-bond donors (Lipinski definition) is 3. The van der Waals surface area contributed by atoms with Gasteiger partial charge in [-0.1, -0.05) is 42.5 Å². The maximum atomic E-state index is 9.99.